The smallest absolute Gasteiger partial charge is 0.279 e. The van der Waals surface area contributed by atoms with Crippen LogP contribution in [0.1, 0.15) is 29.8 Å². The standard InChI is InChI=1S/C18H19ClN2O3/c1-3-13-4-10-16(11-5-13)24-12(2)17(22)20-21-18(23)14-6-8-15(19)9-7-14/h4-12H,3H2,1-2H3,(H,20,22)(H,21,23)/t12-/m0/s1. The van der Waals surface area contributed by atoms with Gasteiger partial charge in [0.1, 0.15) is 5.75 Å². The molecule has 2 N–H and O–H groups in total. The molecule has 0 heterocycles. The summed E-state index contributed by atoms with van der Waals surface area (Å²) in [6, 6.07) is 13.9. The molecule has 0 unspecified atom stereocenters. The van der Waals surface area contributed by atoms with Crippen molar-refractivity contribution in [1.82, 2.24) is 10.9 Å². The second-order valence-electron chi connectivity index (χ2n) is 5.21. The predicted octanol–water partition coefficient (Wildman–Crippen LogP) is 3.13. The van der Waals surface area contributed by atoms with Gasteiger partial charge in [-0.1, -0.05) is 30.7 Å². The van der Waals surface area contributed by atoms with Crippen LogP contribution in [0.5, 0.6) is 5.75 Å². The molecule has 0 aliphatic heterocycles. The Morgan fingerprint density at radius 1 is 1.04 bits per heavy atom. The van der Waals surface area contributed by atoms with Gasteiger partial charge in [-0.05, 0) is 55.3 Å². The molecular formula is C18H19ClN2O3. The number of rotatable bonds is 5. The van der Waals surface area contributed by atoms with Crippen molar-refractivity contribution in [2.75, 3.05) is 0 Å². The monoisotopic (exact) mass is 346 g/mol. The Balaban J connectivity index is 1.84. The van der Waals surface area contributed by atoms with Gasteiger partial charge in [0.2, 0.25) is 0 Å². The molecule has 6 heteroatoms. The van der Waals surface area contributed by atoms with Crippen molar-refractivity contribution in [3.8, 4) is 5.75 Å². The maximum absolute atomic E-state index is 12.0. The molecule has 0 spiro atoms. The van der Waals surface area contributed by atoms with Gasteiger partial charge in [0.05, 0.1) is 0 Å². The van der Waals surface area contributed by atoms with E-state index in [9.17, 15) is 9.59 Å². The van der Waals surface area contributed by atoms with Crippen molar-refractivity contribution in [3.63, 3.8) is 0 Å². The summed E-state index contributed by atoms with van der Waals surface area (Å²) in [4.78, 5) is 23.9. The second-order valence-corrected chi connectivity index (χ2v) is 5.64. The Bertz CT molecular complexity index is 699. The number of benzene rings is 2. The maximum Gasteiger partial charge on any atom is 0.279 e. The van der Waals surface area contributed by atoms with E-state index in [2.05, 4.69) is 17.8 Å². The molecule has 0 saturated carbocycles. The third kappa shape index (κ3) is 4.99. The van der Waals surface area contributed by atoms with E-state index in [1.54, 1.807) is 31.2 Å². The zero-order valence-corrected chi connectivity index (χ0v) is 14.3. The van der Waals surface area contributed by atoms with E-state index in [-0.39, 0.29) is 0 Å². The number of aryl methyl sites for hydroxylation is 1. The summed E-state index contributed by atoms with van der Waals surface area (Å²) in [5.74, 6) is -0.282. The first kappa shape index (κ1) is 17.8. The molecule has 0 saturated heterocycles. The molecule has 0 aliphatic carbocycles. The molecule has 0 aliphatic rings. The van der Waals surface area contributed by atoms with Gasteiger partial charge in [-0.25, -0.2) is 0 Å². The van der Waals surface area contributed by atoms with Crippen molar-refractivity contribution in [3.05, 3.63) is 64.7 Å². The predicted molar refractivity (Wildman–Crippen MR) is 93.0 cm³/mol. The molecule has 126 valence electrons. The zero-order chi connectivity index (χ0) is 17.5. The maximum atomic E-state index is 12.0. The van der Waals surface area contributed by atoms with Gasteiger partial charge in [0, 0.05) is 10.6 Å². The minimum Gasteiger partial charge on any atom is -0.481 e. The number of carbonyl (C=O) groups excluding carboxylic acids is 2. The average molecular weight is 347 g/mol. The molecule has 2 rings (SSSR count). The molecule has 2 amide bonds. The summed E-state index contributed by atoms with van der Waals surface area (Å²) < 4.78 is 5.55. The lowest BCUT2D eigenvalue weighted by atomic mass is 10.2. The van der Waals surface area contributed by atoms with Crippen LogP contribution in [-0.4, -0.2) is 17.9 Å². The van der Waals surface area contributed by atoms with Gasteiger partial charge in [0.15, 0.2) is 6.10 Å². The van der Waals surface area contributed by atoms with Gasteiger partial charge in [0.25, 0.3) is 11.8 Å². The highest BCUT2D eigenvalue weighted by Gasteiger charge is 2.15. The Labute approximate surface area is 145 Å². The third-order valence-corrected chi connectivity index (χ3v) is 3.67. The molecule has 2 aromatic carbocycles. The average Bonchev–Trinajstić information content (AvgIpc) is 2.60. The van der Waals surface area contributed by atoms with Gasteiger partial charge in [-0.15, -0.1) is 0 Å². The Morgan fingerprint density at radius 2 is 1.67 bits per heavy atom. The first-order chi connectivity index (χ1) is 11.5. The lowest BCUT2D eigenvalue weighted by molar-refractivity contribution is -0.128. The molecule has 0 fully saturated rings. The summed E-state index contributed by atoms with van der Waals surface area (Å²) >= 11 is 5.76. The molecule has 24 heavy (non-hydrogen) atoms. The van der Waals surface area contributed by atoms with Gasteiger partial charge in [-0.3, -0.25) is 20.4 Å². The van der Waals surface area contributed by atoms with E-state index >= 15 is 0 Å². The molecule has 0 aromatic heterocycles. The van der Waals surface area contributed by atoms with Crippen molar-refractivity contribution in [2.45, 2.75) is 26.4 Å². The quantitative estimate of drug-likeness (QED) is 0.817. The van der Waals surface area contributed by atoms with Crippen LogP contribution >= 0.6 is 11.6 Å². The van der Waals surface area contributed by atoms with Crippen molar-refractivity contribution < 1.29 is 14.3 Å². The van der Waals surface area contributed by atoms with Gasteiger partial charge >= 0.3 is 0 Å². The van der Waals surface area contributed by atoms with Crippen molar-refractivity contribution >= 4 is 23.4 Å². The van der Waals surface area contributed by atoms with E-state index in [0.717, 1.165) is 6.42 Å². The van der Waals surface area contributed by atoms with Crippen molar-refractivity contribution in [2.24, 2.45) is 0 Å². The second kappa shape index (κ2) is 8.36. The number of hydrogen-bond acceptors (Lipinski definition) is 3. The number of ether oxygens (including phenoxy) is 1. The normalized spacial score (nSPS) is 11.5. The number of nitrogens with one attached hydrogen (secondary N) is 2. The fraction of sp³-hybridized carbons (Fsp3) is 0.222. The van der Waals surface area contributed by atoms with Crippen LogP contribution < -0.4 is 15.6 Å². The first-order valence-corrected chi connectivity index (χ1v) is 7.98. The fourth-order valence-electron chi connectivity index (χ4n) is 1.95. The van der Waals surface area contributed by atoms with Crippen LogP contribution in [0.15, 0.2) is 48.5 Å². The Morgan fingerprint density at radius 3 is 2.25 bits per heavy atom. The highest BCUT2D eigenvalue weighted by Crippen LogP contribution is 2.14. The summed E-state index contributed by atoms with van der Waals surface area (Å²) in [5.41, 5.74) is 6.26. The molecule has 0 radical (unpaired) electrons. The lowest BCUT2D eigenvalue weighted by Crippen LogP contribution is -2.47. The number of halogens is 1. The number of hydrazine groups is 1. The summed E-state index contributed by atoms with van der Waals surface area (Å²) in [6.07, 6.45) is 0.190. The zero-order valence-electron chi connectivity index (χ0n) is 13.5. The van der Waals surface area contributed by atoms with Gasteiger partial charge in [-0.2, -0.15) is 0 Å². The summed E-state index contributed by atoms with van der Waals surface area (Å²) in [5, 5.41) is 0.534. The van der Waals surface area contributed by atoms with E-state index < -0.39 is 17.9 Å². The summed E-state index contributed by atoms with van der Waals surface area (Å²) in [7, 11) is 0. The number of amides is 2. The molecule has 0 bridgehead atoms. The minimum atomic E-state index is -0.747. The molecule has 1 atom stereocenters. The fourth-order valence-corrected chi connectivity index (χ4v) is 2.08. The topological polar surface area (TPSA) is 67.4 Å². The third-order valence-electron chi connectivity index (χ3n) is 3.42. The van der Waals surface area contributed by atoms with Crippen LogP contribution in [0.4, 0.5) is 0 Å². The number of carbonyl (C=O) groups is 2. The van der Waals surface area contributed by atoms with E-state index in [1.165, 1.54) is 5.56 Å². The Kier molecular flexibility index (Phi) is 6.21. The van der Waals surface area contributed by atoms with Crippen molar-refractivity contribution in [1.29, 1.82) is 0 Å². The van der Waals surface area contributed by atoms with E-state index in [4.69, 9.17) is 16.3 Å². The minimum absolute atomic E-state index is 0.392. The van der Waals surface area contributed by atoms with Crippen LogP contribution in [0.2, 0.25) is 5.02 Å². The van der Waals surface area contributed by atoms with Crippen LogP contribution in [0, 0.1) is 0 Å². The lowest BCUT2D eigenvalue weighted by Gasteiger charge is -2.15. The van der Waals surface area contributed by atoms with Crippen LogP contribution in [0.25, 0.3) is 0 Å². The number of hydrogen-bond donors (Lipinski definition) is 2. The largest absolute Gasteiger partial charge is 0.481 e. The Hall–Kier alpha value is -2.53. The van der Waals surface area contributed by atoms with Crippen LogP contribution in [0.3, 0.4) is 0 Å². The molecule has 5 nitrogen and oxygen atoms in total. The van der Waals surface area contributed by atoms with Crippen LogP contribution in [-0.2, 0) is 11.2 Å². The summed E-state index contributed by atoms with van der Waals surface area (Å²) in [6.45, 7) is 3.67. The molecular weight excluding hydrogens is 328 g/mol. The van der Waals surface area contributed by atoms with Gasteiger partial charge < -0.3 is 4.74 Å². The molecule has 2 aromatic rings. The first-order valence-electron chi connectivity index (χ1n) is 7.61. The highest BCUT2D eigenvalue weighted by molar-refractivity contribution is 6.30. The van der Waals surface area contributed by atoms with E-state index in [1.807, 2.05) is 24.3 Å². The van der Waals surface area contributed by atoms with E-state index in [0.29, 0.717) is 16.3 Å². The highest BCUT2D eigenvalue weighted by atomic mass is 35.5. The SMILES string of the molecule is CCc1ccc(O[C@@H](C)C(=O)NNC(=O)c2ccc(Cl)cc2)cc1.